The smallest absolute Gasteiger partial charge is 0.270 e. The summed E-state index contributed by atoms with van der Waals surface area (Å²) in [5, 5.41) is 24.4. The van der Waals surface area contributed by atoms with E-state index in [1.54, 1.807) is 24.9 Å². The molecule has 0 radical (unpaired) electrons. The Hall–Kier alpha value is -4.29. The van der Waals surface area contributed by atoms with Crippen LogP contribution in [-0.4, -0.2) is 62.6 Å². The van der Waals surface area contributed by atoms with Gasteiger partial charge >= 0.3 is 0 Å². The number of hydrogen-bond donors (Lipinski definition) is 2. The van der Waals surface area contributed by atoms with Crippen LogP contribution in [0.2, 0.25) is 0 Å². The average Bonchev–Trinajstić information content (AvgIpc) is 3.22. The van der Waals surface area contributed by atoms with Crippen LogP contribution in [0.1, 0.15) is 35.9 Å². The van der Waals surface area contributed by atoms with Crippen LogP contribution in [-0.2, 0) is 11.3 Å². The summed E-state index contributed by atoms with van der Waals surface area (Å²) in [5.74, 6) is 1.80. The molecule has 0 saturated heterocycles. The minimum absolute atomic E-state index is 0.0826. The maximum absolute atomic E-state index is 12.7. The Morgan fingerprint density at radius 3 is 2.75 bits per heavy atom. The predicted molar refractivity (Wildman–Crippen MR) is 156 cm³/mol. The number of nitro groups is 1. The number of thioether (sulfide) groups is 1. The lowest BCUT2D eigenvalue weighted by Crippen LogP contribution is -2.27. The zero-order valence-electron chi connectivity index (χ0n) is 22.4. The van der Waals surface area contributed by atoms with Crippen molar-refractivity contribution >= 4 is 46.3 Å². The van der Waals surface area contributed by atoms with Gasteiger partial charge in [0.25, 0.3) is 5.69 Å². The third-order valence-electron chi connectivity index (χ3n) is 6.95. The van der Waals surface area contributed by atoms with Gasteiger partial charge in [-0.05, 0) is 26.0 Å². The molecule has 0 bridgehead atoms. The van der Waals surface area contributed by atoms with Gasteiger partial charge in [0, 0.05) is 77.9 Å². The van der Waals surface area contributed by atoms with Gasteiger partial charge in [-0.1, -0.05) is 18.2 Å². The number of hydrogen-bond acceptors (Lipinski definition) is 10. The van der Waals surface area contributed by atoms with Gasteiger partial charge in [-0.3, -0.25) is 19.9 Å². The zero-order valence-corrected chi connectivity index (χ0v) is 23.2. The number of rotatable bonds is 8. The molecule has 40 heavy (non-hydrogen) atoms. The van der Waals surface area contributed by atoms with E-state index in [0.717, 1.165) is 17.1 Å². The van der Waals surface area contributed by atoms with Gasteiger partial charge in [-0.2, -0.15) is 0 Å². The SMILES string of the molecule is CC1=C(CCO)SCN1Cc1cnc(C)nc1Nc1ccccc1C1=NCC(=O)N(C)c2ccc([N+](=O)[O-])cc21. The summed E-state index contributed by atoms with van der Waals surface area (Å²) in [6.07, 6.45) is 2.44. The summed E-state index contributed by atoms with van der Waals surface area (Å²) in [7, 11) is 1.64. The summed E-state index contributed by atoms with van der Waals surface area (Å²) >= 11 is 1.72. The first-order valence-electron chi connectivity index (χ1n) is 12.7. The molecule has 2 N–H and O–H groups in total. The highest BCUT2D eigenvalue weighted by molar-refractivity contribution is 8.03. The number of nitrogens with one attached hydrogen (secondary N) is 1. The van der Waals surface area contributed by atoms with E-state index in [4.69, 9.17) is 4.98 Å². The first kappa shape index (κ1) is 27.3. The van der Waals surface area contributed by atoms with Crippen molar-refractivity contribution in [3.63, 3.8) is 0 Å². The minimum atomic E-state index is -0.455. The van der Waals surface area contributed by atoms with Gasteiger partial charge in [-0.25, -0.2) is 9.97 Å². The van der Waals surface area contributed by atoms with Gasteiger partial charge in [0.15, 0.2) is 0 Å². The number of aryl methyl sites for hydroxylation is 1. The highest BCUT2D eigenvalue weighted by atomic mass is 32.2. The highest BCUT2D eigenvalue weighted by Gasteiger charge is 2.27. The van der Waals surface area contributed by atoms with Crippen LogP contribution in [0, 0.1) is 17.0 Å². The van der Waals surface area contributed by atoms with Crippen molar-refractivity contribution in [2.24, 2.45) is 4.99 Å². The third-order valence-corrected chi connectivity index (χ3v) is 8.24. The molecule has 0 spiro atoms. The standard InChI is InChI=1S/C28H29N7O4S/c1-17-25(10-11-36)40-16-34(17)15-19-13-29-18(2)31-28(19)32-23-7-5-4-6-21(23)27-22-12-20(35(38)39)8-9-24(22)33(3)26(37)14-30-27/h4-9,12-13,36H,10-11,14-16H2,1-3H3,(H,29,31,32). The molecule has 3 aromatic rings. The topological polar surface area (TPSA) is 137 Å². The van der Waals surface area contributed by atoms with Crippen molar-refractivity contribution in [3.8, 4) is 0 Å². The molecule has 2 aliphatic rings. The lowest BCUT2D eigenvalue weighted by atomic mass is 9.98. The van der Waals surface area contributed by atoms with Crippen LogP contribution in [0.25, 0.3) is 0 Å². The van der Waals surface area contributed by atoms with Crippen molar-refractivity contribution < 1.29 is 14.8 Å². The van der Waals surface area contributed by atoms with Crippen LogP contribution < -0.4 is 10.2 Å². The van der Waals surface area contributed by atoms with Crippen LogP contribution in [0.3, 0.4) is 0 Å². The molecule has 206 valence electrons. The third kappa shape index (κ3) is 5.40. The molecule has 3 heterocycles. The maximum atomic E-state index is 12.7. The monoisotopic (exact) mass is 559 g/mol. The molecule has 2 aromatic carbocycles. The van der Waals surface area contributed by atoms with Crippen LogP contribution in [0.4, 0.5) is 22.9 Å². The van der Waals surface area contributed by atoms with E-state index in [1.807, 2.05) is 37.4 Å². The number of aromatic nitrogens is 2. The fraction of sp³-hybridized carbons (Fsp3) is 0.286. The van der Waals surface area contributed by atoms with Gasteiger partial charge in [0.05, 0.1) is 22.2 Å². The Kier molecular flexibility index (Phi) is 7.81. The molecule has 5 rings (SSSR count). The van der Waals surface area contributed by atoms with Crippen molar-refractivity contribution in [3.05, 3.63) is 91.9 Å². The number of anilines is 3. The number of likely N-dealkylation sites (N-methyl/N-ethyl adjacent to an activating group) is 1. The molecule has 0 saturated carbocycles. The van der Waals surface area contributed by atoms with E-state index in [9.17, 15) is 20.0 Å². The average molecular weight is 560 g/mol. The molecule has 0 aliphatic carbocycles. The molecule has 2 aliphatic heterocycles. The van der Waals surface area contributed by atoms with Crippen LogP contribution >= 0.6 is 11.8 Å². The van der Waals surface area contributed by atoms with Crippen LogP contribution in [0.5, 0.6) is 0 Å². The molecule has 1 amide bonds. The fourth-order valence-electron chi connectivity index (χ4n) is 4.73. The number of para-hydroxylation sites is 1. The van der Waals surface area contributed by atoms with E-state index < -0.39 is 4.92 Å². The second kappa shape index (κ2) is 11.4. The molecule has 11 nitrogen and oxygen atoms in total. The largest absolute Gasteiger partial charge is 0.396 e. The van der Waals surface area contributed by atoms with Crippen molar-refractivity contribution in [2.75, 3.05) is 36.3 Å². The number of fused-ring (bicyclic) bond motifs is 1. The van der Waals surface area contributed by atoms with E-state index in [2.05, 4.69) is 27.1 Å². The molecule has 0 atom stereocenters. The number of aliphatic imine (C=N–C) groups is 1. The molecule has 0 fully saturated rings. The Labute approximate surface area is 235 Å². The number of benzodiazepines with no additional fused rings is 1. The maximum Gasteiger partial charge on any atom is 0.270 e. The van der Waals surface area contributed by atoms with Crippen molar-refractivity contribution in [1.29, 1.82) is 0 Å². The fourth-order valence-corrected chi connectivity index (χ4v) is 5.90. The lowest BCUT2D eigenvalue weighted by Gasteiger charge is -2.22. The van der Waals surface area contributed by atoms with E-state index in [-0.39, 0.29) is 24.7 Å². The van der Waals surface area contributed by atoms with E-state index >= 15 is 0 Å². The number of aliphatic hydroxyl groups is 1. The number of benzene rings is 2. The van der Waals surface area contributed by atoms with E-state index in [1.165, 1.54) is 21.9 Å². The summed E-state index contributed by atoms with van der Waals surface area (Å²) in [5.41, 5.74) is 4.85. The molecule has 12 heteroatoms. The predicted octanol–water partition coefficient (Wildman–Crippen LogP) is 4.37. The first-order valence-corrected chi connectivity index (χ1v) is 13.7. The van der Waals surface area contributed by atoms with Gasteiger partial charge in [0.1, 0.15) is 18.2 Å². The molecule has 0 unspecified atom stereocenters. The number of nitrogens with zero attached hydrogens (tertiary/aromatic N) is 6. The zero-order chi connectivity index (χ0) is 28.4. The highest BCUT2D eigenvalue weighted by Crippen LogP contribution is 2.36. The van der Waals surface area contributed by atoms with Gasteiger partial charge in [-0.15, -0.1) is 11.8 Å². The number of aliphatic hydroxyl groups excluding tert-OH is 1. The second-order valence-corrected chi connectivity index (χ2v) is 10.5. The number of carbonyl (C=O) groups is 1. The summed E-state index contributed by atoms with van der Waals surface area (Å²) in [6.45, 7) is 4.48. The summed E-state index contributed by atoms with van der Waals surface area (Å²) < 4.78 is 0. The number of amides is 1. The minimum Gasteiger partial charge on any atom is -0.396 e. The Balaban J connectivity index is 1.54. The molecular formula is C28H29N7O4S. The quantitative estimate of drug-likeness (QED) is 0.304. The van der Waals surface area contributed by atoms with Crippen molar-refractivity contribution in [2.45, 2.75) is 26.8 Å². The lowest BCUT2D eigenvalue weighted by molar-refractivity contribution is -0.384. The summed E-state index contributed by atoms with van der Waals surface area (Å²) in [4.78, 5) is 42.5. The molecule has 1 aromatic heterocycles. The number of allylic oxidation sites excluding steroid dienone is 1. The van der Waals surface area contributed by atoms with Gasteiger partial charge in [0.2, 0.25) is 5.91 Å². The van der Waals surface area contributed by atoms with E-state index in [0.29, 0.717) is 52.8 Å². The first-order chi connectivity index (χ1) is 19.3. The number of carbonyl (C=O) groups excluding carboxylic acids is 1. The number of nitro benzene ring substituents is 1. The Morgan fingerprint density at radius 1 is 1.18 bits per heavy atom. The van der Waals surface area contributed by atoms with Crippen molar-refractivity contribution in [1.82, 2.24) is 14.9 Å². The van der Waals surface area contributed by atoms with Gasteiger partial charge < -0.3 is 20.2 Å². The second-order valence-electron chi connectivity index (χ2n) is 9.49. The Morgan fingerprint density at radius 2 is 1.98 bits per heavy atom. The van der Waals surface area contributed by atoms with Crippen LogP contribution in [0.15, 0.2) is 64.3 Å². The molecular weight excluding hydrogens is 530 g/mol. The number of non-ortho nitro benzene ring substituents is 1. The Bertz CT molecular complexity index is 1560. The summed E-state index contributed by atoms with van der Waals surface area (Å²) in [6, 6.07) is 12.0. The normalized spacial score (nSPS) is 15.2.